The Balaban J connectivity index is 1.78. The first kappa shape index (κ1) is 15.6. The molecule has 4 rings (SSSR count). The maximum absolute atomic E-state index is 12.7. The van der Waals surface area contributed by atoms with Gasteiger partial charge in [-0.25, -0.2) is 12.7 Å². The van der Waals surface area contributed by atoms with Crippen LogP contribution in [0.1, 0.15) is 21.7 Å². The summed E-state index contributed by atoms with van der Waals surface area (Å²) in [6.45, 7) is 1.59. The number of carbonyl (C=O) groups is 1. The molecule has 0 atom stereocenters. The van der Waals surface area contributed by atoms with Crippen LogP contribution in [0.25, 0.3) is 11.3 Å². The van der Waals surface area contributed by atoms with Gasteiger partial charge in [0.2, 0.25) is 0 Å². The van der Waals surface area contributed by atoms with E-state index >= 15 is 0 Å². The van der Waals surface area contributed by atoms with Gasteiger partial charge in [-0.2, -0.15) is 0 Å². The summed E-state index contributed by atoms with van der Waals surface area (Å²) in [5, 5.41) is 4.04. The van der Waals surface area contributed by atoms with Crippen molar-refractivity contribution < 1.29 is 17.7 Å². The van der Waals surface area contributed by atoms with Crippen LogP contribution in [0.4, 0.5) is 0 Å². The zero-order valence-electron chi connectivity index (χ0n) is 13.3. The van der Waals surface area contributed by atoms with Crippen LogP contribution < -0.4 is 0 Å². The lowest BCUT2D eigenvalue weighted by Gasteiger charge is -2.15. The van der Waals surface area contributed by atoms with Gasteiger partial charge in [0.15, 0.2) is 0 Å². The number of benzene rings is 2. The number of sulfonamides is 1. The Morgan fingerprint density at radius 3 is 2.44 bits per heavy atom. The van der Waals surface area contributed by atoms with E-state index < -0.39 is 15.9 Å². The molecule has 1 aliphatic heterocycles. The minimum absolute atomic E-state index is 0.0374. The lowest BCUT2D eigenvalue weighted by Crippen LogP contribution is -2.29. The van der Waals surface area contributed by atoms with Crippen molar-refractivity contribution in [2.24, 2.45) is 0 Å². The normalized spacial score (nSPS) is 15.4. The fraction of sp³-hybridized carbons (Fsp3) is 0.111. The third-order valence-corrected chi connectivity index (χ3v) is 6.03. The number of nitrogens with zero attached hydrogens (tertiary/aromatic N) is 2. The van der Waals surface area contributed by atoms with Crippen molar-refractivity contribution in [1.29, 1.82) is 0 Å². The molecule has 0 unspecified atom stereocenters. The molecule has 0 bridgehead atoms. The third kappa shape index (κ3) is 2.35. The van der Waals surface area contributed by atoms with E-state index in [-0.39, 0.29) is 17.0 Å². The van der Waals surface area contributed by atoms with E-state index in [9.17, 15) is 13.2 Å². The largest absolute Gasteiger partial charge is 0.361 e. The lowest BCUT2D eigenvalue weighted by molar-refractivity contribution is 0.0865. The van der Waals surface area contributed by atoms with E-state index in [4.69, 9.17) is 4.52 Å². The number of amides is 1. The molecule has 3 aromatic rings. The molecule has 0 saturated carbocycles. The molecule has 0 N–H and O–H groups in total. The number of fused-ring (bicyclic) bond motifs is 1. The minimum Gasteiger partial charge on any atom is -0.361 e. The maximum atomic E-state index is 12.7. The average molecular weight is 354 g/mol. The smallest absolute Gasteiger partial charge is 0.269 e. The number of carbonyl (C=O) groups excluding carboxylic acids is 1. The van der Waals surface area contributed by atoms with Gasteiger partial charge in [-0.05, 0) is 19.1 Å². The molecule has 0 aliphatic carbocycles. The Morgan fingerprint density at radius 2 is 1.72 bits per heavy atom. The van der Waals surface area contributed by atoms with Crippen LogP contribution >= 0.6 is 0 Å². The molecule has 25 heavy (non-hydrogen) atoms. The van der Waals surface area contributed by atoms with Crippen LogP contribution in [0.3, 0.4) is 0 Å². The zero-order valence-corrected chi connectivity index (χ0v) is 14.2. The zero-order chi connectivity index (χ0) is 17.6. The van der Waals surface area contributed by atoms with Gasteiger partial charge in [-0.15, -0.1) is 0 Å². The molecule has 0 radical (unpaired) electrons. The Hall–Kier alpha value is -2.93. The van der Waals surface area contributed by atoms with E-state index in [1.54, 1.807) is 19.1 Å². The predicted molar refractivity (Wildman–Crippen MR) is 90.2 cm³/mol. The van der Waals surface area contributed by atoms with Crippen molar-refractivity contribution in [3.63, 3.8) is 0 Å². The van der Waals surface area contributed by atoms with Crippen LogP contribution in [0.5, 0.6) is 0 Å². The van der Waals surface area contributed by atoms with Gasteiger partial charge in [-0.1, -0.05) is 47.6 Å². The molecular weight excluding hydrogens is 340 g/mol. The highest BCUT2D eigenvalue weighted by Gasteiger charge is 2.41. The second-order valence-electron chi connectivity index (χ2n) is 5.74. The van der Waals surface area contributed by atoms with Gasteiger partial charge < -0.3 is 4.52 Å². The topological polar surface area (TPSA) is 80.5 Å². The molecular formula is C18H14N2O4S. The number of aromatic nitrogens is 1. The van der Waals surface area contributed by atoms with E-state index in [1.807, 2.05) is 30.3 Å². The van der Waals surface area contributed by atoms with Crippen LogP contribution in [-0.2, 0) is 16.6 Å². The second-order valence-corrected chi connectivity index (χ2v) is 7.58. The Bertz CT molecular complexity index is 1070. The molecule has 2 heterocycles. The van der Waals surface area contributed by atoms with E-state index in [2.05, 4.69) is 5.16 Å². The third-order valence-electron chi connectivity index (χ3n) is 4.25. The first-order chi connectivity index (χ1) is 12.0. The molecule has 2 aromatic carbocycles. The molecule has 6 nitrogen and oxygen atoms in total. The summed E-state index contributed by atoms with van der Waals surface area (Å²) in [5.74, 6) is -0.0481. The minimum atomic E-state index is -3.87. The van der Waals surface area contributed by atoms with E-state index in [1.165, 1.54) is 12.1 Å². The molecule has 1 aromatic heterocycles. The first-order valence-corrected chi connectivity index (χ1v) is 9.11. The van der Waals surface area contributed by atoms with Gasteiger partial charge in [0.05, 0.1) is 12.1 Å². The van der Waals surface area contributed by atoms with Crippen molar-refractivity contribution in [3.8, 4) is 11.3 Å². The van der Waals surface area contributed by atoms with Gasteiger partial charge in [0.25, 0.3) is 15.9 Å². The molecule has 126 valence electrons. The summed E-state index contributed by atoms with van der Waals surface area (Å²) >= 11 is 0. The van der Waals surface area contributed by atoms with Crippen molar-refractivity contribution in [1.82, 2.24) is 9.46 Å². The highest BCUT2D eigenvalue weighted by Crippen LogP contribution is 2.34. The van der Waals surface area contributed by atoms with Crippen molar-refractivity contribution in [2.75, 3.05) is 0 Å². The average Bonchev–Trinajstić information content (AvgIpc) is 3.08. The van der Waals surface area contributed by atoms with Crippen LogP contribution in [0, 0.1) is 6.92 Å². The van der Waals surface area contributed by atoms with Crippen LogP contribution in [0.2, 0.25) is 0 Å². The van der Waals surface area contributed by atoms with E-state index in [0.29, 0.717) is 17.0 Å². The molecule has 7 heteroatoms. The fourth-order valence-electron chi connectivity index (χ4n) is 2.93. The predicted octanol–water partition coefficient (Wildman–Crippen LogP) is 2.99. The van der Waals surface area contributed by atoms with Gasteiger partial charge >= 0.3 is 0 Å². The SMILES string of the molecule is Cc1onc(-c2ccccc2)c1CN1C(=O)c2ccccc2S1(=O)=O. The Labute approximate surface area is 144 Å². The highest BCUT2D eigenvalue weighted by atomic mass is 32.2. The van der Waals surface area contributed by atoms with Crippen LogP contribution in [-0.4, -0.2) is 23.8 Å². The summed E-state index contributed by atoms with van der Waals surface area (Å²) in [5.41, 5.74) is 2.11. The van der Waals surface area contributed by atoms with Crippen LogP contribution in [0.15, 0.2) is 64.0 Å². The Morgan fingerprint density at radius 1 is 1.04 bits per heavy atom. The number of hydrogen-bond acceptors (Lipinski definition) is 5. The lowest BCUT2D eigenvalue weighted by atomic mass is 10.1. The molecule has 0 spiro atoms. The molecule has 0 fully saturated rings. The first-order valence-electron chi connectivity index (χ1n) is 7.67. The standard InChI is InChI=1S/C18H14N2O4S/c1-12-15(17(19-24-12)13-7-3-2-4-8-13)11-20-18(21)14-9-5-6-10-16(14)25(20,22)23/h2-10H,11H2,1H3. The van der Waals surface area contributed by atoms with E-state index in [0.717, 1.165) is 9.87 Å². The van der Waals surface area contributed by atoms with Gasteiger partial charge in [0, 0.05) is 11.1 Å². The number of rotatable bonds is 3. The molecule has 1 aliphatic rings. The monoisotopic (exact) mass is 354 g/mol. The van der Waals surface area contributed by atoms with Crippen molar-refractivity contribution in [2.45, 2.75) is 18.4 Å². The Kier molecular flexibility index (Phi) is 3.47. The molecule has 0 saturated heterocycles. The summed E-state index contributed by atoms with van der Waals surface area (Å²) in [6, 6.07) is 15.5. The highest BCUT2D eigenvalue weighted by molar-refractivity contribution is 7.90. The number of aryl methyl sites for hydroxylation is 1. The van der Waals surface area contributed by atoms with Crippen molar-refractivity contribution >= 4 is 15.9 Å². The fourth-order valence-corrected chi connectivity index (χ4v) is 4.47. The quantitative estimate of drug-likeness (QED) is 0.722. The van der Waals surface area contributed by atoms with Gasteiger partial charge in [0.1, 0.15) is 16.3 Å². The summed E-state index contributed by atoms with van der Waals surface area (Å²) in [6.07, 6.45) is 0. The van der Waals surface area contributed by atoms with Crippen molar-refractivity contribution in [3.05, 3.63) is 71.5 Å². The number of hydrogen-bond donors (Lipinski definition) is 0. The summed E-state index contributed by atoms with van der Waals surface area (Å²) < 4.78 is 31.6. The second kappa shape index (κ2) is 5.56. The summed E-state index contributed by atoms with van der Waals surface area (Å²) in [4.78, 5) is 12.6. The summed E-state index contributed by atoms with van der Waals surface area (Å²) in [7, 11) is -3.87. The van der Waals surface area contributed by atoms with Gasteiger partial charge in [-0.3, -0.25) is 4.79 Å². The molecule has 1 amide bonds. The maximum Gasteiger partial charge on any atom is 0.269 e.